The summed E-state index contributed by atoms with van der Waals surface area (Å²) < 4.78 is 26.5. The topological polar surface area (TPSA) is 83.8 Å². The summed E-state index contributed by atoms with van der Waals surface area (Å²) in [7, 11) is -3.33. The lowest BCUT2D eigenvalue weighted by Gasteiger charge is -2.21. The van der Waals surface area contributed by atoms with Crippen LogP contribution < -0.4 is 5.32 Å². The van der Waals surface area contributed by atoms with Gasteiger partial charge in [-0.05, 0) is 12.8 Å². The van der Waals surface area contributed by atoms with Gasteiger partial charge in [0, 0.05) is 37.3 Å². The van der Waals surface area contributed by atoms with Crippen molar-refractivity contribution in [3.8, 4) is 0 Å². The fraction of sp³-hybridized carbons (Fsp3) is 0.538. The maximum Gasteiger partial charge on any atom is 0.238 e. The molecule has 1 amide bonds. The summed E-state index contributed by atoms with van der Waals surface area (Å²) >= 11 is 1.56. The van der Waals surface area contributed by atoms with Crippen molar-refractivity contribution in [1.82, 2.24) is 19.0 Å². The number of imidazole rings is 1. The molecule has 22 heavy (non-hydrogen) atoms. The van der Waals surface area contributed by atoms with Gasteiger partial charge < -0.3 is 5.32 Å². The quantitative estimate of drug-likeness (QED) is 0.856. The molecule has 2 aromatic rings. The number of sulfonamides is 1. The molecular weight excluding hydrogens is 324 g/mol. The number of aromatic nitrogens is 2. The fourth-order valence-electron chi connectivity index (χ4n) is 2.73. The van der Waals surface area contributed by atoms with Gasteiger partial charge in [0.1, 0.15) is 6.04 Å². The van der Waals surface area contributed by atoms with Gasteiger partial charge in [-0.15, -0.1) is 11.3 Å². The van der Waals surface area contributed by atoms with E-state index in [4.69, 9.17) is 0 Å². The van der Waals surface area contributed by atoms with Crippen molar-refractivity contribution in [3.05, 3.63) is 23.5 Å². The van der Waals surface area contributed by atoms with Gasteiger partial charge in [0.2, 0.25) is 15.9 Å². The molecule has 1 N–H and O–H groups in total. The Morgan fingerprint density at radius 2 is 2.36 bits per heavy atom. The molecule has 0 unspecified atom stereocenters. The second kappa shape index (κ2) is 5.98. The maximum absolute atomic E-state index is 12.2. The molecule has 9 heteroatoms. The van der Waals surface area contributed by atoms with Crippen molar-refractivity contribution >= 4 is 32.2 Å². The summed E-state index contributed by atoms with van der Waals surface area (Å²) in [5.41, 5.74) is 0.915. The van der Waals surface area contributed by atoms with Crippen LogP contribution in [0.1, 0.15) is 18.5 Å². The number of amides is 1. The zero-order chi connectivity index (χ0) is 15.7. The molecular formula is C13H18N4O3S2. The van der Waals surface area contributed by atoms with Crippen LogP contribution in [-0.2, 0) is 21.2 Å². The highest BCUT2D eigenvalue weighted by molar-refractivity contribution is 7.88. The van der Waals surface area contributed by atoms with Crippen molar-refractivity contribution in [2.45, 2.75) is 25.3 Å². The molecule has 1 atom stereocenters. The third kappa shape index (κ3) is 3.16. The molecule has 2 aromatic heterocycles. The molecule has 7 nitrogen and oxygen atoms in total. The van der Waals surface area contributed by atoms with Crippen molar-refractivity contribution in [3.63, 3.8) is 0 Å². The highest BCUT2D eigenvalue weighted by Gasteiger charge is 2.36. The smallest absolute Gasteiger partial charge is 0.238 e. The van der Waals surface area contributed by atoms with Crippen LogP contribution >= 0.6 is 11.3 Å². The Balaban J connectivity index is 1.55. The van der Waals surface area contributed by atoms with E-state index >= 15 is 0 Å². The average Bonchev–Trinajstić information content (AvgIpc) is 3.12. The molecule has 0 bridgehead atoms. The van der Waals surface area contributed by atoms with Gasteiger partial charge in [-0.1, -0.05) is 0 Å². The van der Waals surface area contributed by atoms with E-state index in [1.54, 1.807) is 11.3 Å². The molecule has 120 valence electrons. The number of thiazole rings is 1. The highest BCUT2D eigenvalue weighted by atomic mass is 32.2. The van der Waals surface area contributed by atoms with Crippen LogP contribution in [0, 0.1) is 0 Å². The van der Waals surface area contributed by atoms with Crippen LogP contribution in [0.4, 0.5) is 0 Å². The Hall–Kier alpha value is -1.45. The second-order valence-corrected chi connectivity index (χ2v) is 8.21. The molecule has 1 aliphatic heterocycles. The first-order valence-electron chi connectivity index (χ1n) is 7.11. The average molecular weight is 342 g/mol. The lowest BCUT2D eigenvalue weighted by atomic mass is 10.2. The third-order valence-electron chi connectivity index (χ3n) is 3.76. The SMILES string of the molecule is CS(=O)(=O)N1CCC[C@H]1C(=O)NCCc1cn2ccsc2n1. The zero-order valence-corrected chi connectivity index (χ0v) is 13.9. The maximum atomic E-state index is 12.2. The normalized spacial score (nSPS) is 19.8. The van der Waals surface area contributed by atoms with E-state index in [0.717, 1.165) is 23.3 Å². The molecule has 0 spiro atoms. The van der Waals surface area contributed by atoms with E-state index < -0.39 is 16.1 Å². The van der Waals surface area contributed by atoms with Gasteiger partial charge in [-0.3, -0.25) is 9.20 Å². The first-order valence-corrected chi connectivity index (χ1v) is 9.83. The standard InChI is InChI=1S/C13H18N4O3S2/c1-22(19,20)17-6-2-3-11(17)12(18)14-5-4-10-9-16-7-8-21-13(16)15-10/h7-9,11H,2-6H2,1H3,(H,14,18)/t11-/m0/s1. The Kier molecular flexibility index (Phi) is 4.20. The van der Waals surface area contributed by atoms with E-state index in [1.165, 1.54) is 4.31 Å². The van der Waals surface area contributed by atoms with Crippen molar-refractivity contribution in [2.24, 2.45) is 0 Å². The molecule has 3 heterocycles. The molecule has 0 aromatic carbocycles. The lowest BCUT2D eigenvalue weighted by Crippen LogP contribution is -2.45. The molecule has 1 fully saturated rings. The highest BCUT2D eigenvalue weighted by Crippen LogP contribution is 2.20. The van der Waals surface area contributed by atoms with Gasteiger partial charge in [-0.25, -0.2) is 13.4 Å². The van der Waals surface area contributed by atoms with E-state index in [0.29, 0.717) is 25.9 Å². The number of carbonyl (C=O) groups excluding carboxylic acids is 1. The van der Waals surface area contributed by atoms with Crippen LogP contribution in [0.5, 0.6) is 0 Å². The Labute approximate surface area is 133 Å². The molecule has 0 radical (unpaired) electrons. The zero-order valence-electron chi connectivity index (χ0n) is 12.2. The monoisotopic (exact) mass is 342 g/mol. The first-order chi connectivity index (χ1) is 10.4. The lowest BCUT2D eigenvalue weighted by molar-refractivity contribution is -0.124. The predicted molar refractivity (Wildman–Crippen MR) is 84.4 cm³/mol. The minimum absolute atomic E-state index is 0.219. The minimum Gasteiger partial charge on any atom is -0.354 e. The molecule has 3 rings (SSSR count). The predicted octanol–water partition coefficient (Wildman–Crippen LogP) is 0.479. The number of carbonyl (C=O) groups is 1. The summed E-state index contributed by atoms with van der Waals surface area (Å²) in [5.74, 6) is -0.219. The van der Waals surface area contributed by atoms with Gasteiger partial charge >= 0.3 is 0 Å². The van der Waals surface area contributed by atoms with Crippen molar-refractivity contribution in [2.75, 3.05) is 19.3 Å². The summed E-state index contributed by atoms with van der Waals surface area (Å²) in [4.78, 5) is 17.6. The van der Waals surface area contributed by atoms with Gasteiger partial charge in [0.15, 0.2) is 4.96 Å². The van der Waals surface area contributed by atoms with Crippen molar-refractivity contribution < 1.29 is 13.2 Å². The minimum atomic E-state index is -3.33. The Morgan fingerprint density at radius 1 is 1.55 bits per heavy atom. The Bertz CT molecular complexity index is 752. The van der Waals surface area contributed by atoms with E-state index in [2.05, 4.69) is 10.3 Å². The van der Waals surface area contributed by atoms with Crippen LogP contribution in [-0.4, -0.2) is 53.4 Å². The molecule has 1 saturated heterocycles. The second-order valence-electron chi connectivity index (χ2n) is 5.40. The van der Waals surface area contributed by atoms with Crippen LogP contribution in [0.3, 0.4) is 0 Å². The van der Waals surface area contributed by atoms with Crippen LogP contribution in [0.2, 0.25) is 0 Å². The largest absolute Gasteiger partial charge is 0.354 e. The fourth-order valence-corrected chi connectivity index (χ4v) is 4.57. The number of nitrogens with one attached hydrogen (secondary N) is 1. The van der Waals surface area contributed by atoms with Gasteiger partial charge in [0.05, 0.1) is 11.9 Å². The van der Waals surface area contributed by atoms with Crippen LogP contribution in [0.15, 0.2) is 17.8 Å². The molecule has 0 saturated carbocycles. The number of rotatable bonds is 5. The van der Waals surface area contributed by atoms with Crippen LogP contribution in [0.25, 0.3) is 4.96 Å². The van der Waals surface area contributed by atoms with E-state index in [-0.39, 0.29) is 5.91 Å². The number of nitrogens with zero attached hydrogens (tertiary/aromatic N) is 3. The third-order valence-corrected chi connectivity index (χ3v) is 5.82. The number of hydrogen-bond donors (Lipinski definition) is 1. The summed E-state index contributed by atoms with van der Waals surface area (Å²) in [6.07, 6.45) is 6.97. The summed E-state index contributed by atoms with van der Waals surface area (Å²) in [6.45, 7) is 0.881. The summed E-state index contributed by atoms with van der Waals surface area (Å²) in [6, 6.07) is -0.569. The Morgan fingerprint density at radius 3 is 3.09 bits per heavy atom. The number of fused-ring (bicyclic) bond motifs is 1. The van der Waals surface area contributed by atoms with Crippen molar-refractivity contribution in [1.29, 1.82) is 0 Å². The summed E-state index contributed by atoms with van der Waals surface area (Å²) in [5, 5.41) is 4.79. The molecule has 0 aliphatic carbocycles. The van der Waals surface area contributed by atoms with E-state index in [1.807, 2.05) is 22.2 Å². The number of hydrogen-bond acceptors (Lipinski definition) is 5. The molecule has 1 aliphatic rings. The first kappa shape index (κ1) is 15.4. The van der Waals surface area contributed by atoms with E-state index in [9.17, 15) is 13.2 Å². The van der Waals surface area contributed by atoms with Gasteiger partial charge in [-0.2, -0.15) is 4.31 Å². The van der Waals surface area contributed by atoms with Gasteiger partial charge in [0.25, 0.3) is 0 Å².